The van der Waals surface area contributed by atoms with Crippen LogP contribution in [0, 0.1) is 0 Å². The van der Waals surface area contributed by atoms with E-state index in [1.807, 2.05) is 12.3 Å². The van der Waals surface area contributed by atoms with Gasteiger partial charge in [-0.2, -0.15) is 0 Å². The highest BCUT2D eigenvalue weighted by Gasteiger charge is 2.01. The van der Waals surface area contributed by atoms with E-state index in [4.69, 9.17) is 0 Å². The van der Waals surface area contributed by atoms with Crippen LogP contribution in [0.4, 0.5) is 0 Å². The molecule has 0 bridgehead atoms. The second-order valence-electron chi connectivity index (χ2n) is 2.90. The first-order chi connectivity index (χ1) is 6.31. The smallest absolute Gasteiger partial charge is 0.220 e. The Bertz CT molecular complexity index is 440. The Balaban J connectivity index is 2.74. The highest BCUT2D eigenvalue weighted by molar-refractivity contribution is 5.83. The lowest BCUT2D eigenvalue weighted by atomic mass is 10.1. The van der Waals surface area contributed by atoms with Crippen LogP contribution in [0.1, 0.15) is 12.5 Å². The SMILES string of the molecule is CCc1cnc2ccnc(O)c2c1. The van der Waals surface area contributed by atoms with Crippen molar-refractivity contribution in [2.45, 2.75) is 13.3 Å². The number of aryl methyl sites for hydroxylation is 1. The van der Waals surface area contributed by atoms with E-state index in [0.717, 1.165) is 22.9 Å². The zero-order valence-electron chi connectivity index (χ0n) is 7.36. The molecule has 0 aliphatic heterocycles. The Kier molecular flexibility index (Phi) is 1.85. The van der Waals surface area contributed by atoms with E-state index in [-0.39, 0.29) is 5.88 Å². The Hall–Kier alpha value is -1.64. The number of hydrogen-bond acceptors (Lipinski definition) is 3. The van der Waals surface area contributed by atoms with Crippen molar-refractivity contribution in [1.29, 1.82) is 0 Å². The van der Waals surface area contributed by atoms with Crippen LogP contribution in [0.25, 0.3) is 10.9 Å². The molecule has 2 aromatic heterocycles. The van der Waals surface area contributed by atoms with E-state index in [1.54, 1.807) is 12.3 Å². The van der Waals surface area contributed by atoms with Gasteiger partial charge in [-0.3, -0.25) is 4.98 Å². The lowest BCUT2D eigenvalue weighted by Crippen LogP contribution is -1.86. The minimum atomic E-state index is 0.0558. The number of pyridine rings is 2. The van der Waals surface area contributed by atoms with Crippen LogP contribution in [0.3, 0.4) is 0 Å². The Morgan fingerprint density at radius 1 is 1.38 bits per heavy atom. The topological polar surface area (TPSA) is 46.0 Å². The van der Waals surface area contributed by atoms with Crippen LogP contribution < -0.4 is 0 Å². The fourth-order valence-corrected chi connectivity index (χ4v) is 1.27. The van der Waals surface area contributed by atoms with Gasteiger partial charge in [0.25, 0.3) is 0 Å². The lowest BCUT2D eigenvalue weighted by molar-refractivity contribution is 0.460. The molecule has 66 valence electrons. The summed E-state index contributed by atoms with van der Waals surface area (Å²) in [5.74, 6) is 0.0558. The highest BCUT2D eigenvalue weighted by atomic mass is 16.3. The predicted octanol–water partition coefficient (Wildman–Crippen LogP) is 1.90. The summed E-state index contributed by atoms with van der Waals surface area (Å²) < 4.78 is 0. The fourth-order valence-electron chi connectivity index (χ4n) is 1.27. The molecule has 0 aliphatic carbocycles. The predicted molar refractivity (Wildman–Crippen MR) is 50.6 cm³/mol. The van der Waals surface area contributed by atoms with Gasteiger partial charge in [-0.1, -0.05) is 6.92 Å². The van der Waals surface area contributed by atoms with Gasteiger partial charge in [0, 0.05) is 12.4 Å². The van der Waals surface area contributed by atoms with Crippen LogP contribution in [0.2, 0.25) is 0 Å². The van der Waals surface area contributed by atoms with Gasteiger partial charge >= 0.3 is 0 Å². The summed E-state index contributed by atoms with van der Waals surface area (Å²) in [5, 5.41) is 10.2. The van der Waals surface area contributed by atoms with E-state index in [1.165, 1.54) is 0 Å². The monoisotopic (exact) mass is 174 g/mol. The standard InChI is InChI=1S/C10H10N2O/c1-2-7-5-8-9(12-6-7)3-4-11-10(8)13/h3-6H,2H2,1H3,(H,11,13). The summed E-state index contributed by atoms with van der Waals surface area (Å²) in [7, 11) is 0. The molecular formula is C10H10N2O. The van der Waals surface area contributed by atoms with Crippen LogP contribution in [0.15, 0.2) is 24.5 Å². The zero-order valence-corrected chi connectivity index (χ0v) is 7.36. The number of rotatable bonds is 1. The van der Waals surface area contributed by atoms with E-state index < -0.39 is 0 Å². The third-order valence-corrected chi connectivity index (χ3v) is 2.05. The van der Waals surface area contributed by atoms with Crippen molar-refractivity contribution in [2.75, 3.05) is 0 Å². The summed E-state index contributed by atoms with van der Waals surface area (Å²) in [6.45, 7) is 2.05. The van der Waals surface area contributed by atoms with Crippen LogP contribution >= 0.6 is 0 Å². The first-order valence-corrected chi connectivity index (χ1v) is 4.24. The Morgan fingerprint density at radius 3 is 3.00 bits per heavy atom. The summed E-state index contributed by atoms with van der Waals surface area (Å²) >= 11 is 0. The molecule has 0 saturated heterocycles. The molecule has 0 amide bonds. The van der Waals surface area contributed by atoms with Gasteiger partial charge in [-0.15, -0.1) is 0 Å². The third-order valence-electron chi connectivity index (χ3n) is 2.05. The molecule has 3 heteroatoms. The molecule has 0 unspecified atom stereocenters. The maximum atomic E-state index is 9.44. The van der Waals surface area contributed by atoms with Gasteiger partial charge in [-0.25, -0.2) is 4.98 Å². The van der Waals surface area contributed by atoms with Crippen LogP contribution in [-0.2, 0) is 6.42 Å². The van der Waals surface area contributed by atoms with Gasteiger partial charge in [-0.05, 0) is 24.1 Å². The van der Waals surface area contributed by atoms with E-state index >= 15 is 0 Å². The van der Waals surface area contributed by atoms with Crippen LogP contribution in [0.5, 0.6) is 5.88 Å². The molecule has 2 rings (SSSR count). The number of hydrogen-bond donors (Lipinski definition) is 1. The number of nitrogens with zero attached hydrogens (tertiary/aromatic N) is 2. The molecule has 0 aliphatic rings. The van der Waals surface area contributed by atoms with Crippen molar-refractivity contribution in [3.8, 4) is 5.88 Å². The molecule has 13 heavy (non-hydrogen) atoms. The first kappa shape index (κ1) is 7.98. The molecule has 3 nitrogen and oxygen atoms in total. The van der Waals surface area contributed by atoms with Gasteiger partial charge in [0.2, 0.25) is 5.88 Å². The number of aromatic hydroxyl groups is 1. The molecule has 0 radical (unpaired) electrons. The van der Waals surface area contributed by atoms with Gasteiger partial charge in [0.1, 0.15) is 0 Å². The minimum absolute atomic E-state index is 0.0558. The summed E-state index contributed by atoms with van der Waals surface area (Å²) in [6.07, 6.45) is 4.29. The molecule has 0 fully saturated rings. The summed E-state index contributed by atoms with van der Waals surface area (Å²) in [6, 6.07) is 3.71. The normalized spacial score (nSPS) is 10.5. The molecule has 0 spiro atoms. The molecule has 2 aromatic rings. The average molecular weight is 174 g/mol. The van der Waals surface area contributed by atoms with Gasteiger partial charge < -0.3 is 5.11 Å². The molecular weight excluding hydrogens is 164 g/mol. The third kappa shape index (κ3) is 1.33. The van der Waals surface area contributed by atoms with Crippen LogP contribution in [-0.4, -0.2) is 15.1 Å². The van der Waals surface area contributed by atoms with Gasteiger partial charge in [0.05, 0.1) is 10.9 Å². The van der Waals surface area contributed by atoms with E-state index in [0.29, 0.717) is 0 Å². The minimum Gasteiger partial charge on any atom is -0.493 e. The Morgan fingerprint density at radius 2 is 2.23 bits per heavy atom. The second kappa shape index (κ2) is 3.01. The van der Waals surface area contributed by atoms with Crippen molar-refractivity contribution >= 4 is 10.9 Å². The molecule has 1 N–H and O–H groups in total. The number of aromatic nitrogens is 2. The molecule has 0 saturated carbocycles. The quantitative estimate of drug-likeness (QED) is 0.718. The van der Waals surface area contributed by atoms with E-state index in [9.17, 15) is 5.11 Å². The molecule has 0 aromatic carbocycles. The summed E-state index contributed by atoms with van der Waals surface area (Å²) in [4.78, 5) is 8.01. The molecule has 0 atom stereocenters. The van der Waals surface area contributed by atoms with E-state index in [2.05, 4.69) is 16.9 Å². The zero-order chi connectivity index (χ0) is 9.26. The number of fused-ring (bicyclic) bond motifs is 1. The van der Waals surface area contributed by atoms with Crippen molar-refractivity contribution in [1.82, 2.24) is 9.97 Å². The van der Waals surface area contributed by atoms with Crippen molar-refractivity contribution < 1.29 is 5.11 Å². The average Bonchev–Trinajstić information content (AvgIpc) is 2.18. The fraction of sp³-hybridized carbons (Fsp3) is 0.200. The largest absolute Gasteiger partial charge is 0.493 e. The van der Waals surface area contributed by atoms with Crippen molar-refractivity contribution in [3.63, 3.8) is 0 Å². The maximum absolute atomic E-state index is 9.44. The van der Waals surface area contributed by atoms with Gasteiger partial charge in [0.15, 0.2) is 0 Å². The molecule has 2 heterocycles. The maximum Gasteiger partial charge on any atom is 0.220 e. The van der Waals surface area contributed by atoms with Crippen molar-refractivity contribution in [2.24, 2.45) is 0 Å². The second-order valence-corrected chi connectivity index (χ2v) is 2.90. The lowest BCUT2D eigenvalue weighted by Gasteiger charge is -2.00. The Labute approximate surface area is 76.1 Å². The first-order valence-electron chi connectivity index (χ1n) is 4.24. The highest BCUT2D eigenvalue weighted by Crippen LogP contribution is 2.20. The van der Waals surface area contributed by atoms with Crippen molar-refractivity contribution in [3.05, 3.63) is 30.1 Å². The summed E-state index contributed by atoms with van der Waals surface area (Å²) in [5.41, 5.74) is 1.89.